The lowest BCUT2D eigenvalue weighted by Gasteiger charge is -2.40. The van der Waals surface area contributed by atoms with Crippen LogP contribution in [0, 0.1) is 11.3 Å². The van der Waals surface area contributed by atoms with E-state index in [9.17, 15) is 27.7 Å². The molecule has 0 radical (unpaired) electrons. The number of benzene rings is 2. The van der Waals surface area contributed by atoms with Crippen LogP contribution in [0.15, 0.2) is 58.6 Å². The number of Topliss-reactive ketones (excluding diaryl/α,β-unsaturated/α-hetero) is 1. The molecule has 164 valence electrons. The first-order valence-electron chi connectivity index (χ1n) is 9.89. The Morgan fingerprint density at radius 3 is 2.56 bits per heavy atom. The molecule has 2 aromatic rings. The van der Waals surface area contributed by atoms with Crippen LogP contribution in [0.25, 0.3) is 0 Å². The maximum atomic E-state index is 13.5. The Morgan fingerprint density at radius 1 is 1.16 bits per heavy atom. The van der Waals surface area contributed by atoms with E-state index in [-0.39, 0.29) is 28.2 Å². The van der Waals surface area contributed by atoms with E-state index in [1.54, 1.807) is 24.3 Å². The van der Waals surface area contributed by atoms with Crippen LogP contribution >= 0.6 is 0 Å². The first-order valence-corrected chi connectivity index (χ1v) is 11.8. The maximum Gasteiger partial charge on any atom is 0.329 e. The summed E-state index contributed by atoms with van der Waals surface area (Å²) in [4.78, 5) is 29.0. The van der Waals surface area contributed by atoms with E-state index in [0.29, 0.717) is 28.9 Å². The molecule has 1 aliphatic carbocycles. The van der Waals surface area contributed by atoms with Crippen LogP contribution in [0.1, 0.15) is 35.6 Å². The van der Waals surface area contributed by atoms with E-state index in [2.05, 4.69) is 0 Å². The van der Waals surface area contributed by atoms with Crippen molar-refractivity contribution in [3.05, 3.63) is 70.4 Å². The zero-order chi connectivity index (χ0) is 23.2. The summed E-state index contributed by atoms with van der Waals surface area (Å²) in [5.41, 5.74) is 2.10. The molecule has 0 unspecified atom stereocenters. The van der Waals surface area contributed by atoms with Crippen LogP contribution in [0.3, 0.4) is 0 Å². The Morgan fingerprint density at radius 2 is 1.91 bits per heavy atom. The van der Waals surface area contributed by atoms with Gasteiger partial charge in [-0.2, -0.15) is 5.26 Å². The first-order chi connectivity index (χ1) is 15.2. The summed E-state index contributed by atoms with van der Waals surface area (Å²) in [5, 5.41) is 9.21. The summed E-state index contributed by atoms with van der Waals surface area (Å²) in [7, 11) is -2.26. The molecule has 1 atom stereocenters. The number of amides is 2. The van der Waals surface area contributed by atoms with Gasteiger partial charge in [0, 0.05) is 31.0 Å². The third kappa shape index (κ3) is 3.46. The lowest BCUT2D eigenvalue weighted by Crippen LogP contribution is -2.48. The van der Waals surface area contributed by atoms with Crippen molar-refractivity contribution in [3.8, 4) is 6.07 Å². The normalized spacial score (nSPS) is 18.8. The van der Waals surface area contributed by atoms with E-state index >= 15 is 0 Å². The van der Waals surface area contributed by atoms with Crippen LogP contribution < -0.4 is 4.90 Å². The van der Waals surface area contributed by atoms with Gasteiger partial charge in [-0.05, 0) is 41.8 Å². The SMILES string of the molecule is CN1C(=O)N(c2cccc(CF)c2)C2=C(C(=O)CC2)[C@H]1c1ccc(C#N)cc1S(C)(=O)=O. The van der Waals surface area contributed by atoms with Crippen molar-refractivity contribution in [3.63, 3.8) is 0 Å². The molecule has 2 amide bonds. The predicted octanol–water partition coefficient (Wildman–Crippen LogP) is 3.66. The van der Waals surface area contributed by atoms with Crippen LogP contribution in [0.4, 0.5) is 14.9 Å². The number of halogens is 1. The minimum Gasteiger partial charge on any atom is -0.316 e. The monoisotopic (exact) mass is 453 g/mol. The third-order valence-electron chi connectivity index (χ3n) is 5.78. The minimum atomic E-state index is -3.76. The average Bonchev–Trinajstić information content (AvgIpc) is 3.14. The minimum absolute atomic E-state index is 0.0966. The van der Waals surface area contributed by atoms with E-state index in [1.807, 2.05) is 6.07 Å². The molecule has 0 bridgehead atoms. The number of ketones is 1. The van der Waals surface area contributed by atoms with Gasteiger partial charge in [-0.3, -0.25) is 9.69 Å². The van der Waals surface area contributed by atoms with Gasteiger partial charge >= 0.3 is 6.03 Å². The van der Waals surface area contributed by atoms with Gasteiger partial charge < -0.3 is 4.90 Å². The van der Waals surface area contributed by atoms with Crippen molar-refractivity contribution in [2.75, 3.05) is 18.2 Å². The Balaban J connectivity index is 1.95. The molecule has 1 heterocycles. The zero-order valence-corrected chi connectivity index (χ0v) is 18.3. The quantitative estimate of drug-likeness (QED) is 0.704. The summed E-state index contributed by atoms with van der Waals surface area (Å²) >= 11 is 0. The summed E-state index contributed by atoms with van der Waals surface area (Å²) < 4.78 is 38.3. The number of allylic oxidation sites excluding steroid dienone is 1. The highest BCUT2D eigenvalue weighted by Gasteiger charge is 2.45. The molecule has 4 rings (SSSR count). The van der Waals surface area contributed by atoms with Crippen LogP contribution in [-0.4, -0.2) is 38.4 Å². The molecule has 32 heavy (non-hydrogen) atoms. The van der Waals surface area contributed by atoms with Gasteiger partial charge in [0.15, 0.2) is 15.6 Å². The van der Waals surface area contributed by atoms with E-state index < -0.39 is 28.6 Å². The number of rotatable bonds is 4. The molecule has 0 fully saturated rings. The molecular weight excluding hydrogens is 433 g/mol. The summed E-state index contributed by atoms with van der Waals surface area (Å²) in [5.74, 6) is -0.181. The molecule has 0 N–H and O–H groups in total. The van der Waals surface area contributed by atoms with Crippen LogP contribution in [0.5, 0.6) is 0 Å². The number of urea groups is 1. The van der Waals surface area contributed by atoms with Gasteiger partial charge in [-0.25, -0.2) is 17.6 Å². The van der Waals surface area contributed by atoms with Gasteiger partial charge in [0.1, 0.15) is 6.67 Å². The van der Waals surface area contributed by atoms with Crippen molar-refractivity contribution < 1.29 is 22.4 Å². The highest BCUT2D eigenvalue weighted by atomic mass is 32.2. The molecule has 0 aromatic heterocycles. The number of anilines is 1. The highest BCUT2D eigenvalue weighted by Crippen LogP contribution is 2.45. The number of carbonyl (C=O) groups is 2. The van der Waals surface area contributed by atoms with Crippen molar-refractivity contribution in [2.24, 2.45) is 0 Å². The van der Waals surface area contributed by atoms with Crippen molar-refractivity contribution in [1.29, 1.82) is 5.26 Å². The Labute approximate surface area is 185 Å². The average molecular weight is 453 g/mol. The lowest BCUT2D eigenvalue weighted by atomic mass is 9.92. The number of hydrogen-bond acceptors (Lipinski definition) is 5. The predicted molar refractivity (Wildman–Crippen MR) is 115 cm³/mol. The number of alkyl halides is 1. The van der Waals surface area contributed by atoms with E-state index in [4.69, 9.17) is 0 Å². The topological polar surface area (TPSA) is 98.5 Å². The molecule has 0 saturated carbocycles. The molecule has 0 spiro atoms. The highest BCUT2D eigenvalue weighted by molar-refractivity contribution is 7.90. The first kappa shape index (κ1) is 21.7. The number of hydrogen-bond donors (Lipinski definition) is 0. The summed E-state index contributed by atoms with van der Waals surface area (Å²) in [6.07, 6.45) is 1.53. The zero-order valence-electron chi connectivity index (χ0n) is 17.5. The second-order valence-corrected chi connectivity index (χ2v) is 9.84. The number of likely N-dealkylation sites (N-methyl/N-ethyl adjacent to an activating group) is 1. The fourth-order valence-electron chi connectivity index (χ4n) is 4.34. The third-order valence-corrected chi connectivity index (χ3v) is 6.94. The van der Waals surface area contributed by atoms with E-state index in [0.717, 1.165) is 6.26 Å². The Kier molecular flexibility index (Phi) is 5.34. The van der Waals surface area contributed by atoms with Gasteiger partial charge in [-0.1, -0.05) is 18.2 Å². The van der Waals surface area contributed by atoms with Crippen molar-refractivity contribution in [1.82, 2.24) is 4.90 Å². The molecule has 2 aliphatic rings. The number of sulfone groups is 1. The number of nitrogens with zero attached hydrogens (tertiary/aromatic N) is 3. The molecule has 2 aromatic carbocycles. The second kappa shape index (κ2) is 7.88. The van der Waals surface area contributed by atoms with Crippen LogP contribution in [0.2, 0.25) is 0 Å². The van der Waals surface area contributed by atoms with E-state index in [1.165, 1.54) is 35.0 Å². The standard InChI is InChI=1S/C23H20FN3O4S/c1-26-22(17-7-6-15(13-25)11-20(17)32(2,30)31)21-18(8-9-19(21)28)27(23(26)29)16-5-3-4-14(10-16)12-24/h3-7,10-11,22H,8-9,12H2,1-2H3/t22-/m1/s1. The van der Waals surface area contributed by atoms with Crippen LogP contribution in [-0.2, 0) is 21.3 Å². The smallest absolute Gasteiger partial charge is 0.316 e. The van der Waals surface area contributed by atoms with Crippen molar-refractivity contribution in [2.45, 2.75) is 30.5 Å². The molecular formula is C23H20FN3O4S. The maximum absolute atomic E-state index is 13.5. The number of carbonyl (C=O) groups excluding carboxylic acids is 2. The summed E-state index contributed by atoms with van der Waals surface area (Å²) in [6, 6.07) is 11.2. The van der Waals surface area contributed by atoms with Gasteiger partial charge in [0.05, 0.1) is 28.3 Å². The summed E-state index contributed by atoms with van der Waals surface area (Å²) in [6.45, 7) is -0.692. The molecule has 9 heteroatoms. The number of nitriles is 1. The Bertz CT molecular complexity index is 1330. The Hall–Kier alpha value is -3.51. The largest absolute Gasteiger partial charge is 0.329 e. The molecule has 7 nitrogen and oxygen atoms in total. The lowest BCUT2D eigenvalue weighted by molar-refractivity contribution is -0.115. The molecule has 1 aliphatic heterocycles. The van der Waals surface area contributed by atoms with Gasteiger partial charge in [0.25, 0.3) is 0 Å². The second-order valence-electron chi connectivity index (χ2n) is 7.86. The molecule has 0 saturated heterocycles. The van der Waals surface area contributed by atoms with Gasteiger partial charge in [0.2, 0.25) is 0 Å². The van der Waals surface area contributed by atoms with Crippen molar-refractivity contribution >= 4 is 27.3 Å². The van der Waals surface area contributed by atoms with Gasteiger partial charge in [-0.15, -0.1) is 0 Å². The fourth-order valence-corrected chi connectivity index (χ4v) is 5.29. The fraction of sp³-hybridized carbons (Fsp3) is 0.261.